The van der Waals surface area contributed by atoms with Crippen LogP contribution in [0.2, 0.25) is 0 Å². The van der Waals surface area contributed by atoms with Crippen LogP contribution >= 0.6 is 0 Å². The third kappa shape index (κ3) is 2.46. The predicted octanol–water partition coefficient (Wildman–Crippen LogP) is 1.91. The molecule has 0 aliphatic heterocycles. The van der Waals surface area contributed by atoms with E-state index in [9.17, 15) is 4.79 Å². The van der Waals surface area contributed by atoms with Crippen LogP contribution in [0, 0.1) is 0 Å². The maximum Gasteiger partial charge on any atom is 0.241 e. The van der Waals surface area contributed by atoms with Crippen LogP contribution in [0.25, 0.3) is 10.9 Å². The number of amides is 1. The van der Waals surface area contributed by atoms with E-state index in [2.05, 4.69) is 42.5 Å². The lowest BCUT2D eigenvalue weighted by molar-refractivity contribution is -0.121. The van der Waals surface area contributed by atoms with Crippen molar-refractivity contribution in [3.05, 3.63) is 30.0 Å². The van der Waals surface area contributed by atoms with E-state index in [0.717, 1.165) is 10.9 Å². The van der Waals surface area contributed by atoms with Gasteiger partial charge in [-0.1, -0.05) is 26.0 Å². The molecule has 4 nitrogen and oxygen atoms in total. The Hall–Kier alpha value is -1.84. The summed E-state index contributed by atoms with van der Waals surface area (Å²) < 4.78 is 1.67. The van der Waals surface area contributed by atoms with E-state index in [0.29, 0.717) is 5.92 Å². The van der Waals surface area contributed by atoms with Crippen molar-refractivity contribution < 1.29 is 4.79 Å². The van der Waals surface area contributed by atoms with Gasteiger partial charge < -0.3 is 5.32 Å². The van der Waals surface area contributed by atoms with Gasteiger partial charge in [0.15, 0.2) is 0 Å². The van der Waals surface area contributed by atoms with E-state index in [4.69, 9.17) is 0 Å². The molecule has 1 N–H and O–H groups in total. The van der Waals surface area contributed by atoms with E-state index >= 15 is 0 Å². The largest absolute Gasteiger partial charge is 0.358 e. The highest BCUT2D eigenvalue weighted by atomic mass is 16.1. The summed E-state index contributed by atoms with van der Waals surface area (Å²) in [4.78, 5) is 11.3. The number of nitrogens with one attached hydrogen (secondary N) is 1. The van der Waals surface area contributed by atoms with Crippen LogP contribution in [0.5, 0.6) is 0 Å². The summed E-state index contributed by atoms with van der Waals surface area (Å²) in [6, 6.07) is 6.25. The molecule has 0 aliphatic carbocycles. The van der Waals surface area contributed by atoms with E-state index in [-0.39, 0.29) is 12.5 Å². The minimum atomic E-state index is -0.0399. The molecule has 0 bridgehead atoms. The summed E-state index contributed by atoms with van der Waals surface area (Å²) in [5.74, 6) is 0.449. The highest BCUT2D eigenvalue weighted by Crippen LogP contribution is 2.20. The third-order valence-corrected chi connectivity index (χ3v) is 2.83. The lowest BCUT2D eigenvalue weighted by Gasteiger charge is -2.03. The molecule has 0 spiro atoms. The summed E-state index contributed by atoms with van der Waals surface area (Å²) in [5.41, 5.74) is 2.21. The number of likely N-dealkylation sites (N-methyl/N-ethyl adjacent to an activating group) is 1. The quantitative estimate of drug-likeness (QED) is 0.877. The summed E-state index contributed by atoms with van der Waals surface area (Å²) in [6.07, 6.45) is 1.90. The van der Waals surface area contributed by atoms with Gasteiger partial charge in [0.05, 0.1) is 5.52 Å². The van der Waals surface area contributed by atoms with Crippen LogP contribution in [-0.4, -0.2) is 22.7 Å². The van der Waals surface area contributed by atoms with E-state index in [1.807, 2.05) is 6.20 Å². The Balaban J connectivity index is 2.33. The topological polar surface area (TPSA) is 46.9 Å². The molecule has 1 aromatic heterocycles. The Kier molecular flexibility index (Phi) is 3.13. The number of aromatic nitrogens is 2. The lowest BCUT2D eigenvalue weighted by Crippen LogP contribution is -2.23. The molecule has 0 saturated heterocycles. The van der Waals surface area contributed by atoms with E-state index in [1.165, 1.54) is 5.56 Å². The standard InChI is InChI=1S/C13H17N3O/c1-9(2)10-4-5-11-7-16(8-13(17)14-3)15-12(11)6-10/h4-7,9H,8H2,1-3H3,(H,14,17). The van der Waals surface area contributed by atoms with Crippen LogP contribution in [0.15, 0.2) is 24.4 Å². The predicted molar refractivity (Wildman–Crippen MR) is 67.9 cm³/mol. The number of nitrogens with zero attached hydrogens (tertiary/aromatic N) is 2. The first kappa shape index (κ1) is 11.6. The Bertz CT molecular complexity index is 543. The first-order valence-electron chi connectivity index (χ1n) is 5.78. The fourth-order valence-corrected chi connectivity index (χ4v) is 1.75. The number of hydrogen-bond acceptors (Lipinski definition) is 2. The lowest BCUT2D eigenvalue weighted by atomic mass is 10.0. The summed E-state index contributed by atoms with van der Waals surface area (Å²) >= 11 is 0. The summed E-state index contributed by atoms with van der Waals surface area (Å²) in [6.45, 7) is 4.58. The van der Waals surface area contributed by atoms with Crippen LogP contribution in [0.4, 0.5) is 0 Å². The first-order chi connectivity index (χ1) is 8.10. The second-order valence-corrected chi connectivity index (χ2v) is 4.47. The minimum absolute atomic E-state index is 0.0399. The molecular weight excluding hydrogens is 214 g/mol. The second-order valence-electron chi connectivity index (χ2n) is 4.47. The van der Waals surface area contributed by atoms with Gasteiger partial charge in [0.25, 0.3) is 0 Å². The molecule has 0 saturated carbocycles. The fraction of sp³-hybridized carbons (Fsp3) is 0.385. The van der Waals surface area contributed by atoms with Gasteiger partial charge >= 0.3 is 0 Å². The average Bonchev–Trinajstić information content (AvgIpc) is 2.69. The van der Waals surface area contributed by atoms with Crippen LogP contribution < -0.4 is 5.32 Å². The molecule has 0 fully saturated rings. The molecule has 1 amide bonds. The molecule has 1 heterocycles. The van der Waals surface area contributed by atoms with Crippen LogP contribution in [-0.2, 0) is 11.3 Å². The number of carbonyl (C=O) groups is 1. The smallest absolute Gasteiger partial charge is 0.241 e. The first-order valence-corrected chi connectivity index (χ1v) is 5.78. The molecule has 4 heteroatoms. The van der Waals surface area contributed by atoms with Gasteiger partial charge in [0, 0.05) is 18.6 Å². The zero-order chi connectivity index (χ0) is 12.4. The Labute approximate surface area is 101 Å². The molecule has 2 rings (SSSR count). The van der Waals surface area contributed by atoms with Crippen molar-refractivity contribution in [1.82, 2.24) is 15.1 Å². The molecule has 2 aromatic rings. The number of fused-ring (bicyclic) bond motifs is 1. The number of hydrogen-bond donors (Lipinski definition) is 1. The molecular formula is C13H17N3O. The summed E-state index contributed by atoms with van der Waals surface area (Å²) in [7, 11) is 1.63. The van der Waals surface area contributed by atoms with Crippen LogP contribution in [0.3, 0.4) is 0 Å². The SMILES string of the molecule is CNC(=O)Cn1cc2ccc(C(C)C)cc2n1. The monoisotopic (exact) mass is 231 g/mol. The molecule has 1 aromatic carbocycles. The summed E-state index contributed by atoms with van der Waals surface area (Å²) in [5, 5.41) is 8.06. The van der Waals surface area contributed by atoms with Gasteiger partial charge in [-0.15, -0.1) is 0 Å². The normalized spacial score (nSPS) is 11.1. The second kappa shape index (κ2) is 4.57. The molecule has 0 unspecified atom stereocenters. The van der Waals surface area contributed by atoms with Gasteiger partial charge in [-0.05, 0) is 17.5 Å². The number of carbonyl (C=O) groups excluding carboxylic acids is 1. The van der Waals surface area contributed by atoms with Crippen molar-refractivity contribution in [1.29, 1.82) is 0 Å². The molecule has 0 aliphatic rings. The van der Waals surface area contributed by atoms with Crippen molar-refractivity contribution in [2.75, 3.05) is 7.05 Å². The number of benzene rings is 1. The Morgan fingerprint density at radius 2 is 2.24 bits per heavy atom. The third-order valence-electron chi connectivity index (χ3n) is 2.83. The van der Waals surface area contributed by atoms with Gasteiger partial charge in [-0.3, -0.25) is 9.48 Å². The van der Waals surface area contributed by atoms with Crippen LogP contribution in [0.1, 0.15) is 25.3 Å². The van der Waals surface area contributed by atoms with Gasteiger partial charge in [-0.2, -0.15) is 5.10 Å². The average molecular weight is 231 g/mol. The molecule has 0 radical (unpaired) electrons. The van der Waals surface area contributed by atoms with Crippen molar-refractivity contribution in [2.24, 2.45) is 0 Å². The van der Waals surface area contributed by atoms with E-state index < -0.39 is 0 Å². The number of rotatable bonds is 3. The van der Waals surface area contributed by atoms with Crippen molar-refractivity contribution >= 4 is 16.8 Å². The van der Waals surface area contributed by atoms with E-state index in [1.54, 1.807) is 11.7 Å². The maximum absolute atomic E-state index is 11.3. The zero-order valence-corrected chi connectivity index (χ0v) is 10.4. The van der Waals surface area contributed by atoms with Gasteiger partial charge in [0.2, 0.25) is 5.91 Å². The maximum atomic E-state index is 11.3. The highest BCUT2D eigenvalue weighted by molar-refractivity contribution is 5.80. The zero-order valence-electron chi connectivity index (χ0n) is 10.4. The highest BCUT2D eigenvalue weighted by Gasteiger charge is 2.06. The Morgan fingerprint density at radius 3 is 2.88 bits per heavy atom. The fourth-order valence-electron chi connectivity index (χ4n) is 1.75. The molecule has 17 heavy (non-hydrogen) atoms. The van der Waals surface area contributed by atoms with Gasteiger partial charge in [0.1, 0.15) is 6.54 Å². The van der Waals surface area contributed by atoms with Gasteiger partial charge in [-0.25, -0.2) is 0 Å². The Morgan fingerprint density at radius 1 is 1.47 bits per heavy atom. The molecule has 0 atom stereocenters. The van der Waals surface area contributed by atoms with Crippen molar-refractivity contribution in [3.8, 4) is 0 Å². The minimum Gasteiger partial charge on any atom is -0.358 e. The molecule has 90 valence electrons. The van der Waals surface area contributed by atoms with Crippen molar-refractivity contribution in [3.63, 3.8) is 0 Å². The van der Waals surface area contributed by atoms with Crippen molar-refractivity contribution in [2.45, 2.75) is 26.3 Å².